The third kappa shape index (κ3) is 1.59. The van der Waals surface area contributed by atoms with Crippen LogP contribution in [0.25, 0.3) is 10.9 Å². The number of anilines is 2. The van der Waals surface area contributed by atoms with Crippen LogP contribution in [0.5, 0.6) is 0 Å². The molecule has 7 heteroatoms. The van der Waals surface area contributed by atoms with Crippen LogP contribution in [0.3, 0.4) is 0 Å². The molecule has 0 atom stereocenters. The van der Waals surface area contributed by atoms with Gasteiger partial charge >= 0.3 is 0 Å². The van der Waals surface area contributed by atoms with E-state index < -0.39 is 0 Å². The molecule has 15 heavy (non-hydrogen) atoms. The second-order valence-corrected chi connectivity index (χ2v) is 2.87. The Labute approximate surface area is 84.4 Å². The van der Waals surface area contributed by atoms with E-state index in [0.717, 1.165) is 0 Å². The van der Waals surface area contributed by atoms with Gasteiger partial charge in [0, 0.05) is 5.39 Å². The first-order valence-corrected chi connectivity index (χ1v) is 4.11. The molecule has 0 aliphatic carbocycles. The minimum atomic E-state index is 0.134. The number of nitrogen functional groups attached to an aromatic ring is 2. The molecule has 7 nitrogen and oxygen atoms in total. The molecule has 1 aromatic heterocycles. The molecule has 74 valence electrons. The van der Waals surface area contributed by atoms with E-state index in [1.54, 1.807) is 18.2 Å². The third-order valence-corrected chi connectivity index (χ3v) is 1.89. The summed E-state index contributed by atoms with van der Waals surface area (Å²) < 4.78 is 0. The monoisotopic (exact) mass is 202 g/mol. The lowest BCUT2D eigenvalue weighted by atomic mass is 10.2. The SMILES string of the molecule is N=[N+]=Nc1ccc2nc(N)nc(N)c2c1. The van der Waals surface area contributed by atoms with Gasteiger partial charge in [0.1, 0.15) is 11.3 Å². The molecular weight excluding hydrogens is 194 g/mol. The van der Waals surface area contributed by atoms with Crippen molar-refractivity contribution in [3.63, 3.8) is 0 Å². The lowest BCUT2D eigenvalue weighted by molar-refractivity contribution is 0.992. The summed E-state index contributed by atoms with van der Waals surface area (Å²) in [6.07, 6.45) is 0. The third-order valence-electron chi connectivity index (χ3n) is 1.89. The average Bonchev–Trinajstić information content (AvgIpc) is 2.19. The van der Waals surface area contributed by atoms with Gasteiger partial charge in [-0.25, -0.2) is 4.98 Å². The topological polar surface area (TPSA) is 128 Å². The van der Waals surface area contributed by atoms with Crippen molar-refractivity contribution < 1.29 is 0 Å². The molecule has 5 N–H and O–H groups in total. The van der Waals surface area contributed by atoms with Crippen molar-refractivity contribution in [2.75, 3.05) is 11.5 Å². The number of hydrogen-bond acceptors (Lipinski definition) is 6. The van der Waals surface area contributed by atoms with E-state index in [4.69, 9.17) is 17.0 Å². The van der Waals surface area contributed by atoms with Crippen LogP contribution in [-0.4, -0.2) is 9.97 Å². The van der Waals surface area contributed by atoms with Gasteiger partial charge in [-0.05, 0) is 18.2 Å². The molecule has 0 spiro atoms. The highest BCUT2D eigenvalue weighted by molar-refractivity contribution is 5.90. The molecule has 0 amide bonds. The fourth-order valence-corrected chi connectivity index (χ4v) is 1.28. The van der Waals surface area contributed by atoms with E-state index in [-0.39, 0.29) is 5.95 Å². The van der Waals surface area contributed by atoms with Crippen molar-refractivity contribution in [2.24, 2.45) is 5.11 Å². The summed E-state index contributed by atoms with van der Waals surface area (Å²) >= 11 is 0. The van der Waals surface area contributed by atoms with Crippen LogP contribution >= 0.6 is 0 Å². The molecule has 0 bridgehead atoms. The van der Waals surface area contributed by atoms with Gasteiger partial charge in [-0.15, -0.1) is 0 Å². The summed E-state index contributed by atoms with van der Waals surface area (Å²) in [7, 11) is 0. The zero-order chi connectivity index (χ0) is 10.8. The molecule has 2 rings (SSSR count). The highest BCUT2D eigenvalue weighted by Gasteiger charge is 2.05. The summed E-state index contributed by atoms with van der Waals surface area (Å²) in [5.41, 5.74) is 18.9. The number of fused-ring (bicyclic) bond motifs is 1. The van der Waals surface area contributed by atoms with Crippen LogP contribution < -0.4 is 16.4 Å². The van der Waals surface area contributed by atoms with Gasteiger partial charge in [-0.3, -0.25) is 0 Å². The second-order valence-electron chi connectivity index (χ2n) is 2.87. The summed E-state index contributed by atoms with van der Waals surface area (Å²) in [4.78, 5) is 10.8. The summed E-state index contributed by atoms with van der Waals surface area (Å²) in [6, 6.07) is 5.03. The number of nitrogens with two attached hydrogens (primary N) is 2. The normalized spacial score (nSPS) is 9.87. The second kappa shape index (κ2) is 3.32. The number of hydrogen-bond donors (Lipinski definition) is 3. The van der Waals surface area contributed by atoms with Gasteiger partial charge in [0.25, 0.3) is 0 Å². The van der Waals surface area contributed by atoms with Gasteiger partial charge in [0.05, 0.1) is 5.52 Å². The minimum absolute atomic E-state index is 0.134. The van der Waals surface area contributed by atoms with Crippen molar-refractivity contribution in [3.05, 3.63) is 18.2 Å². The molecule has 2 aromatic rings. The lowest BCUT2D eigenvalue weighted by Gasteiger charge is -2.00. The quantitative estimate of drug-likeness (QED) is 0.470. The van der Waals surface area contributed by atoms with Gasteiger partial charge in [0.2, 0.25) is 10.9 Å². The van der Waals surface area contributed by atoms with Crippen molar-refractivity contribution in [1.82, 2.24) is 14.9 Å². The van der Waals surface area contributed by atoms with E-state index in [1.165, 1.54) is 0 Å². The maximum Gasteiger partial charge on any atom is 0.222 e. The molecule has 0 aliphatic rings. The fraction of sp³-hybridized carbons (Fsp3) is 0. The fourth-order valence-electron chi connectivity index (χ4n) is 1.28. The average molecular weight is 202 g/mol. The molecule has 0 aliphatic heterocycles. The Balaban J connectivity index is 2.76. The van der Waals surface area contributed by atoms with Crippen LogP contribution in [0, 0.1) is 5.53 Å². The molecule has 0 unspecified atom stereocenters. The first-order chi connectivity index (χ1) is 7.20. The zero-order valence-corrected chi connectivity index (χ0v) is 7.68. The van der Waals surface area contributed by atoms with E-state index in [1.807, 2.05) is 0 Å². The van der Waals surface area contributed by atoms with Crippen LogP contribution in [-0.2, 0) is 0 Å². The lowest BCUT2D eigenvalue weighted by Crippen LogP contribution is -2.00. The Morgan fingerprint density at radius 3 is 2.80 bits per heavy atom. The number of rotatable bonds is 1. The maximum atomic E-state index is 6.61. The minimum Gasteiger partial charge on any atom is -0.383 e. The van der Waals surface area contributed by atoms with Gasteiger partial charge in [0.15, 0.2) is 10.8 Å². The van der Waals surface area contributed by atoms with Crippen molar-refractivity contribution in [3.8, 4) is 0 Å². The van der Waals surface area contributed by atoms with E-state index >= 15 is 0 Å². The predicted octanol–water partition coefficient (Wildman–Crippen LogP) is 0.976. The van der Waals surface area contributed by atoms with E-state index in [2.05, 4.69) is 20.0 Å². The van der Waals surface area contributed by atoms with Crippen LogP contribution in [0.15, 0.2) is 23.3 Å². The van der Waals surface area contributed by atoms with Crippen LogP contribution in [0.4, 0.5) is 17.5 Å². The Kier molecular flexibility index (Phi) is 2.00. The van der Waals surface area contributed by atoms with Gasteiger partial charge in [-0.1, -0.05) is 0 Å². The highest BCUT2D eigenvalue weighted by atomic mass is 15.1. The molecule has 0 saturated heterocycles. The van der Waals surface area contributed by atoms with Gasteiger partial charge in [-0.2, -0.15) is 4.98 Å². The first-order valence-electron chi connectivity index (χ1n) is 4.11. The largest absolute Gasteiger partial charge is 0.383 e. The zero-order valence-electron chi connectivity index (χ0n) is 7.68. The molecule has 0 saturated carbocycles. The summed E-state index contributed by atoms with van der Waals surface area (Å²) in [5, 5.41) is 4.22. The van der Waals surface area contributed by atoms with Crippen molar-refractivity contribution >= 4 is 28.4 Å². The first kappa shape index (κ1) is 9.04. The number of benzene rings is 1. The van der Waals surface area contributed by atoms with Crippen molar-refractivity contribution in [1.29, 1.82) is 5.53 Å². The molecule has 1 aromatic carbocycles. The highest BCUT2D eigenvalue weighted by Crippen LogP contribution is 2.23. The molecule has 0 radical (unpaired) electrons. The standard InChI is InChI=1S/C8H7N7/c9-7-5-3-4(14-15-11)1-2-6(5)12-8(10)13-7/h1-3,11H,(H3,9,10,13)/p+1. The number of nitrogens with zero attached hydrogens (tertiary/aromatic N) is 4. The van der Waals surface area contributed by atoms with Crippen LogP contribution in [0.2, 0.25) is 0 Å². The predicted molar refractivity (Wildman–Crippen MR) is 55.3 cm³/mol. The summed E-state index contributed by atoms with van der Waals surface area (Å²) in [5.74, 6) is 0.425. The molecule has 1 heterocycles. The maximum absolute atomic E-state index is 6.61. The van der Waals surface area contributed by atoms with E-state index in [0.29, 0.717) is 22.4 Å². The Hall–Kier alpha value is -2.53. The summed E-state index contributed by atoms with van der Waals surface area (Å²) in [6.45, 7) is 0. The van der Waals surface area contributed by atoms with Crippen LogP contribution in [0.1, 0.15) is 0 Å². The molecular formula is C8H8N7+. The van der Waals surface area contributed by atoms with Crippen molar-refractivity contribution in [2.45, 2.75) is 0 Å². The van der Waals surface area contributed by atoms with Gasteiger partial charge < -0.3 is 11.5 Å². The molecule has 0 fully saturated rings. The Bertz CT molecular complexity index is 570. The Morgan fingerprint density at radius 2 is 2.07 bits per heavy atom. The Morgan fingerprint density at radius 1 is 1.27 bits per heavy atom. The number of aromatic nitrogens is 2. The smallest absolute Gasteiger partial charge is 0.222 e. The number of nitrogens with one attached hydrogen (secondary N) is 1. The van der Waals surface area contributed by atoms with E-state index in [9.17, 15) is 0 Å².